The maximum atomic E-state index is 11.0. The summed E-state index contributed by atoms with van der Waals surface area (Å²) in [5.41, 5.74) is 0. The third-order valence-corrected chi connectivity index (χ3v) is 1.61. The topological polar surface area (TPSA) is 20.3 Å². The molecule has 0 spiro atoms. The molecule has 1 heterocycles. The van der Waals surface area contributed by atoms with Crippen LogP contribution < -0.4 is 0 Å². The van der Waals surface area contributed by atoms with E-state index in [-0.39, 0.29) is 12.3 Å². The molecule has 1 unspecified atom stereocenters. The minimum Gasteiger partial charge on any atom is -0.343 e. The minimum absolute atomic E-state index is 0.0319. The smallest absolute Gasteiger partial charge is 0.222 e. The molecule has 0 aromatic carbocycles. The molecule has 0 radical (unpaired) electrons. The van der Waals surface area contributed by atoms with Gasteiger partial charge in [0.2, 0.25) is 5.91 Å². The Bertz CT molecular complexity index is 138. The molecule has 1 atom stereocenters. The van der Waals surface area contributed by atoms with Gasteiger partial charge in [0.25, 0.3) is 0 Å². The van der Waals surface area contributed by atoms with Crippen LogP contribution in [0.2, 0.25) is 0 Å². The van der Waals surface area contributed by atoms with E-state index in [0.717, 1.165) is 13.0 Å². The van der Waals surface area contributed by atoms with Crippen LogP contribution in [0.4, 0.5) is 0 Å². The zero-order valence-corrected chi connectivity index (χ0v) is 5.76. The molecular weight excluding hydrogens is 114 g/mol. The standard InChI is InChI=1S/C7H13NO/c1-2-7(9)8-5-3-4-6-8/h2-6H2,1H3/i3D. The van der Waals surface area contributed by atoms with E-state index in [9.17, 15) is 4.79 Å². The molecule has 1 amide bonds. The van der Waals surface area contributed by atoms with E-state index in [1.165, 1.54) is 0 Å². The van der Waals surface area contributed by atoms with Gasteiger partial charge in [0, 0.05) is 20.9 Å². The van der Waals surface area contributed by atoms with Gasteiger partial charge in [-0.05, 0) is 12.8 Å². The van der Waals surface area contributed by atoms with Crippen molar-refractivity contribution in [3.05, 3.63) is 0 Å². The summed E-state index contributed by atoms with van der Waals surface area (Å²) < 4.78 is 7.34. The van der Waals surface area contributed by atoms with Gasteiger partial charge in [0.05, 0.1) is 0 Å². The summed E-state index contributed by atoms with van der Waals surface area (Å²) in [5.74, 6) is 0.190. The molecule has 0 aromatic rings. The summed E-state index contributed by atoms with van der Waals surface area (Å²) in [6, 6.07) is 0. The average Bonchev–Trinajstić information content (AvgIpc) is 2.34. The van der Waals surface area contributed by atoms with Crippen molar-refractivity contribution in [3.8, 4) is 0 Å². The first-order valence-electron chi connectivity index (χ1n) is 4.01. The van der Waals surface area contributed by atoms with Crippen molar-refractivity contribution in [1.29, 1.82) is 0 Å². The summed E-state index contributed by atoms with van der Waals surface area (Å²) >= 11 is 0. The number of carbonyl (C=O) groups is 1. The van der Waals surface area contributed by atoms with Crippen LogP contribution in [0.25, 0.3) is 0 Å². The van der Waals surface area contributed by atoms with Gasteiger partial charge in [-0.1, -0.05) is 6.92 Å². The molecule has 1 aliphatic rings. The summed E-state index contributed by atoms with van der Waals surface area (Å²) in [5, 5.41) is 0. The van der Waals surface area contributed by atoms with Crippen molar-refractivity contribution in [2.45, 2.75) is 26.2 Å². The Hall–Kier alpha value is -0.530. The molecule has 52 valence electrons. The zero-order valence-electron chi connectivity index (χ0n) is 6.76. The van der Waals surface area contributed by atoms with Crippen LogP contribution in [0.15, 0.2) is 0 Å². The van der Waals surface area contributed by atoms with E-state index in [4.69, 9.17) is 1.37 Å². The molecule has 0 aromatic heterocycles. The van der Waals surface area contributed by atoms with Crippen LogP contribution >= 0.6 is 0 Å². The molecule has 1 rings (SSSR count). The van der Waals surface area contributed by atoms with Crippen molar-refractivity contribution < 1.29 is 6.17 Å². The Morgan fingerprint density at radius 2 is 2.56 bits per heavy atom. The first-order chi connectivity index (χ1) is 4.74. The van der Waals surface area contributed by atoms with E-state index >= 15 is 0 Å². The maximum Gasteiger partial charge on any atom is 0.222 e. The fourth-order valence-corrected chi connectivity index (χ4v) is 1.04. The van der Waals surface area contributed by atoms with Gasteiger partial charge in [-0.15, -0.1) is 0 Å². The molecular formula is C7H13NO. The van der Waals surface area contributed by atoms with Gasteiger partial charge in [0.1, 0.15) is 0 Å². The Morgan fingerprint density at radius 3 is 3.00 bits per heavy atom. The Morgan fingerprint density at radius 1 is 1.78 bits per heavy atom. The number of carbonyl (C=O) groups excluding carboxylic acids is 1. The Balaban J connectivity index is 2.37. The van der Waals surface area contributed by atoms with E-state index in [0.29, 0.717) is 13.0 Å². The van der Waals surface area contributed by atoms with Gasteiger partial charge in [-0.25, -0.2) is 0 Å². The van der Waals surface area contributed by atoms with Crippen LogP contribution in [0.5, 0.6) is 0 Å². The average molecular weight is 128 g/mol. The van der Waals surface area contributed by atoms with Crippen molar-refractivity contribution in [1.82, 2.24) is 4.90 Å². The third-order valence-electron chi connectivity index (χ3n) is 1.61. The monoisotopic (exact) mass is 128 g/mol. The molecule has 0 saturated carbocycles. The lowest BCUT2D eigenvalue weighted by Gasteiger charge is -2.12. The highest BCUT2D eigenvalue weighted by Crippen LogP contribution is 2.07. The van der Waals surface area contributed by atoms with E-state index < -0.39 is 0 Å². The zero-order chi connectivity index (χ0) is 7.56. The van der Waals surface area contributed by atoms with Gasteiger partial charge >= 0.3 is 0 Å². The second kappa shape index (κ2) is 2.85. The predicted molar refractivity (Wildman–Crippen MR) is 36.1 cm³/mol. The second-order valence-corrected chi connectivity index (χ2v) is 2.27. The molecule has 0 aliphatic carbocycles. The molecule has 0 N–H and O–H groups in total. The van der Waals surface area contributed by atoms with Crippen LogP contribution in [0, 0.1) is 0 Å². The first kappa shape index (κ1) is 5.27. The van der Waals surface area contributed by atoms with E-state index in [1.54, 1.807) is 4.90 Å². The number of rotatable bonds is 1. The fourth-order valence-electron chi connectivity index (χ4n) is 1.04. The van der Waals surface area contributed by atoms with Crippen LogP contribution in [0.3, 0.4) is 0 Å². The number of hydrogen-bond donors (Lipinski definition) is 0. The van der Waals surface area contributed by atoms with Crippen molar-refractivity contribution in [3.63, 3.8) is 0 Å². The number of hydrogen-bond acceptors (Lipinski definition) is 1. The molecule has 2 nitrogen and oxygen atoms in total. The van der Waals surface area contributed by atoms with E-state index in [1.807, 2.05) is 6.92 Å². The molecule has 1 aliphatic heterocycles. The van der Waals surface area contributed by atoms with Crippen LogP contribution in [-0.2, 0) is 4.79 Å². The molecule has 1 saturated heterocycles. The highest BCUT2D eigenvalue weighted by atomic mass is 16.2. The highest BCUT2D eigenvalue weighted by molar-refractivity contribution is 5.75. The minimum atomic E-state index is -0.0319. The highest BCUT2D eigenvalue weighted by Gasteiger charge is 2.14. The molecule has 0 bridgehead atoms. The third kappa shape index (κ3) is 1.44. The van der Waals surface area contributed by atoms with Crippen molar-refractivity contribution >= 4 is 5.91 Å². The molecule has 2 heteroatoms. The normalized spacial score (nSPS) is 28.3. The SMILES string of the molecule is [2H]C1CCN(C(=O)CC)C1. The van der Waals surface area contributed by atoms with Gasteiger partial charge in [-0.2, -0.15) is 0 Å². The fraction of sp³-hybridized carbons (Fsp3) is 0.857. The lowest BCUT2D eigenvalue weighted by atomic mass is 10.4. The molecule has 1 fully saturated rings. The summed E-state index contributed by atoms with van der Waals surface area (Å²) in [7, 11) is 0. The number of amides is 1. The summed E-state index contributed by atoms with van der Waals surface area (Å²) in [4.78, 5) is 12.8. The Labute approximate surface area is 57.2 Å². The predicted octanol–water partition coefficient (Wildman–Crippen LogP) is 1.02. The lowest BCUT2D eigenvalue weighted by Crippen LogP contribution is -2.26. The summed E-state index contributed by atoms with van der Waals surface area (Å²) in [6.45, 7) is 3.30. The van der Waals surface area contributed by atoms with Crippen molar-refractivity contribution in [2.24, 2.45) is 0 Å². The van der Waals surface area contributed by atoms with Gasteiger partial charge in [-0.3, -0.25) is 4.79 Å². The first-order valence-corrected chi connectivity index (χ1v) is 3.44. The Kier molecular flexibility index (Phi) is 1.67. The van der Waals surface area contributed by atoms with Crippen LogP contribution in [-0.4, -0.2) is 23.9 Å². The lowest BCUT2D eigenvalue weighted by molar-refractivity contribution is -0.129. The second-order valence-electron chi connectivity index (χ2n) is 2.27. The van der Waals surface area contributed by atoms with E-state index in [2.05, 4.69) is 0 Å². The quantitative estimate of drug-likeness (QED) is 0.516. The largest absolute Gasteiger partial charge is 0.343 e. The number of nitrogens with zero attached hydrogens (tertiary/aromatic N) is 1. The van der Waals surface area contributed by atoms with Crippen LogP contribution in [0.1, 0.15) is 27.5 Å². The summed E-state index contributed by atoms with van der Waals surface area (Å²) in [6.07, 6.45) is 1.40. The number of likely N-dealkylation sites (tertiary alicyclic amines) is 1. The van der Waals surface area contributed by atoms with Gasteiger partial charge in [0.15, 0.2) is 0 Å². The maximum absolute atomic E-state index is 11.0. The van der Waals surface area contributed by atoms with Gasteiger partial charge < -0.3 is 4.90 Å². The van der Waals surface area contributed by atoms with Crippen molar-refractivity contribution in [2.75, 3.05) is 13.1 Å². The molecule has 9 heavy (non-hydrogen) atoms.